The van der Waals surface area contributed by atoms with Gasteiger partial charge in [-0.15, -0.1) is 0 Å². The Morgan fingerprint density at radius 3 is 1.83 bits per heavy atom. The highest BCUT2D eigenvalue weighted by molar-refractivity contribution is 6.33. The topological polar surface area (TPSA) is 88.1 Å². The number of hydrogen-bond acceptors (Lipinski definition) is 7. The van der Waals surface area contributed by atoms with Crippen LogP contribution in [0.2, 0.25) is 5.02 Å². The summed E-state index contributed by atoms with van der Waals surface area (Å²) in [6, 6.07) is 19.2. The highest BCUT2D eigenvalue weighted by Crippen LogP contribution is 2.26. The van der Waals surface area contributed by atoms with E-state index in [0.29, 0.717) is 18.4 Å². The third-order valence-corrected chi connectivity index (χ3v) is 8.07. The Bertz CT molecular complexity index is 1380. The molecule has 3 aromatic rings. The maximum Gasteiger partial charge on any atom is 0.347 e. The van der Waals surface area contributed by atoms with Gasteiger partial charge in [0.15, 0.2) is 6.10 Å². The van der Waals surface area contributed by atoms with Gasteiger partial charge in [-0.25, -0.2) is 14.4 Å². The number of hydrogen-bond donors (Lipinski definition) is 0. The zero-order valence-electron chi connectivity index (χ0n) is 27.5. The van der Waals surface area contributed by atoms with Gasteiger partial charge in [0.2, 0.25) is 0 Å². The standard InChI is InChI=1S/C38H47ClO7/c1-5-8-9-10-11-12-13-14-25-43-32-21-19-29(20-22-32)28-15-17-30(18-16-28)37(41)46-33-23-24-34(35(39)26-33)38(42)44-27(4)36(40)45-31(6-2)7-3/h15-24,26-27,31H,5-14,25H2,1-4H3. The van der Waals surface area contributed by atoms with E-state index in [4.69, 9.17) is 30.5 Å². The SMILES string of the molecule is CCCCCCCCCCOc1ccc(-c2ccc(C(=O)Oc3ccc(C(=O)OC(C)C(=O)OC(CC)CC)c(Cl)c3)cc2)cc1. The van der Waals surface area contributed by atoms with Gasteiger partial charge in [-0.2, -0.15) is 0 Å². The maximum absolute atomic E-state index is 12.8. The van der Waals surface area contributed by atoms with E-state index in [-0.39, 0.29) is 22.4 Å². The molecule has 0 aromatic heterocycles. The van der Waals surface area contributed by atoms with E-state index in [1.807, 2.05) is 50.2 Å². The molecule has 8 heteroatoms. The Morgan fingerprint density at radius 2 is 1.24 bits per heavy atom. The van der Waals surface area contributed by atoms with Crippen molar-refractivity contribution in [1.82, 2.24) is 0 Å². The summed E-state index contributed by atoms with van der Waals surface area (Å²) < 4.78 is 22.0. The van der Waals surface area contributed by atoms with Crippen molar-refractivity contribution in [2.24, 2.45) is 0 Å². The van der Waals surface area contributed by atoms with E-state index in [2.05, 4.69) is 6.92 Å². The van der Waals surface area contributed by atoms with E-state index >= 15 is 0 Å². The summed E-state index contributed by atoms with van der Waals surface area (Å²) in [6.07, 6.45) is 10.1. The van der Waals surface area contributed by atoms with E-state index in [9.17, 15) is 14.4 Å². The Balaban J connectivity index is 1.47. The predicted molar refractivity (Wildman–Crippen MR) is 182 cm³/mol. The molecular weight excluding hydrogens is 604 g/mol. The van der Waals surface area contributed by atoms with E-state index < -0.39 is 24.0 Å². The molecule has 1 unspecified atom stereocenters. The Kier molecular flexibility index (Phi) is 15.6. The number of unbranched alkanes of at least 4 members (excludes halogenated alkanes) is 7. The summed E-state index contributed by atoms with van der Waals surface area (Å²) in [5, 5.41) is 0.0245. The molecule has 0 spiro atoms. The first kappa shape index (κ1) is 36.6. The number of benzene rings is 3. The quantitative estimate of drug-likeness (QED) is 0.0724. The minimum Gasteiger partial charge on any atom is -0.494 e. The molecule has 0 bridgehead atoms. The minimum absolute atomic E-state index is 0.0245. The van der Waals surface area contributed by atoms with Crippen molar-refractivity contribution in [2.75, 3.05) is 6.61 Å². The fourth-order valence-corrected chi connectivity index (χ4v) is 5.09. The van der Waals surface area contributed by atoms with E-state index in [1.54, 1.807) is 12.1 Å². The molecule has 3 aromatic carbocycles. The fourth-order valence-electron chi connectivity index (χ4n) is 4.85. The molecule has 0 saturated heterocycles. The second kappa shape index (κ2) is 19.6. The van der Waals surface area contributed by atoms with Crippen LogP contribution in [0.4, 0.5) is 0 Å². The summed E-state index contributed by atoms with van der Waals surface area (Å²) in [7, 11) is 0. The Morgan fingerprint density at radius 1 is 0.674 bits per heavy atom. The van der Waals surface area contributed by atoms with E-state index in [0.717, 1.165) is 29.9 Å². The molecule has 0 aliphatic carbocycles. The van der Waals surface area contributed by atoms with Crippen LogP contribution in [0.25, 0.3) is 11.1 Å². The second-order valence-electron chi connectivity index (χ2n) is 11.4. The first-order valence-corrected chi connectivity index (χ1v) is 16.9. The van der Waals surface area contributed by atoms with E-state index in [1.165, 1.54) is 70.1 Å². The number of ether oxygens (including phenoxy) is 4. The Labute approximate surface area is 278 Å². The minimum atomic E-state index is -1.10. The molecule has 0 saturated carbocycles. The molecule has 0 radical (unpaired) electrons. The summed E-state index contributed by atoms with van der Waals surface area (Å²) >= 11 is 6.30. The lowest BCUT2D eigenvalue weighted by Crippen LogP contribution is -2.29. The zero-order chi connectivity index (χ0) is 33.3. The third-order valence-electron chi connectivity index (χ3n) is 7.76. The number of carbonyl (C=O) groups is 3. The van der Waals surface area contributed by atoms with Crippen molar-refractivity contribution < 1.29 is 33.3 Å². The predicted octanol–water partition coefficient (Wildman–Crippen LogP) is 10.0. The molecular formula is C38H47ClO7. The van der Waals surface area contributed by atoms with Crippen LogP contribution in [0.5, 0.6) is 11.5 Å². The fraction of sp³-hybridized carbons (Fsp3) is 0.447. The average Bonchev–Trinajstić information content (AvgIpc) is 3.06. The molecule has 0 amide bonds. The van der Waals surface area contributed by atoms with Crippen molar-refractivity contribution in [1.29, 1.82) is 0 Å². The number of carbonyl (C=O) groups excluding carboxylic acids is 3. The number of rotatable bonds is 19. The largest absolute Gasteiger partial charge is 0.494 e. The lowest BCUT2D eigenvalue weighted by Gasteiger charge is -2.18. The van der Waals surface area contributed by atoms with Crippen LogP contribution >= 0.6 is 11.6 Å². The van der Waals surface area contributed by atoms with Gasteiger partial charge in [-0.05, 0) is 73.7 Å². The lowest BCUT2D eigenvalue weighted by atomic mass is 10.0. The summed E-state index contributed by atoms with van der Waals surface area (Å²) in [5.74, 6) is -0.959. The summed E-state index contributed by atoms with van der Waals surface area (Å²) in [5.41, 5.74) is 2.36. The molecule has 3 rings (SSSR count). The zero-order valence-corrected chi connectivity index (χ0v) is 28.3. The first-order valence-electron chi connectivity index (χ1n) is 16.5. The van der Waals surface area contributed by atoms with Crippen molar-refractivity contribution >= 4 is 29.5 Å². The van der Waals surface area contributed by atoms with Crippen LogP contribution in [0.15, 0.2) is 66.7 Å². The molecule has 7 nitrogen and oxygen atoms in total. The van der Waals surface area contributed by atoms with Crippen molar-refractivity contribution in [3.05, 3.63) is 82.9 Å². The highest BCUT2D eigenvalue weighted by atomic mass is 35.5. The van der Waals surface area contributed by atoms with Crippen LogP contribution in [-0.2, 0) is 14.3 Å². The summed E-state index contributed by atoms with van der Waals surface area (Å²) in [4.78, 5) is 37.7. The van der Waals surface area contributed by atoms with Crippen LogP contribution < -0.4 is 9.47 Å². The highest BCUT2D eigenvalue weighted by Gasteiger charge is 2.24. The monoisotopic (exact) mass is 650 g/mol. The number of halogens is 1. The second-order valence-corrected chi connectivity index (χ2v) is 11.8. The van der Waals surface area contributed by atoms with Crippen molar-refractivity contribution in [3.63, 3.8) is 0 Å². The average molecular weight is 651 g/mol. The Hall–Kier alpha value is -3.84. The van der Waals surface area contributed by atoms with Gasteiger partial charge < -0.3 is 18.9 Å². The van der Waals surface area contributed by atoms with Crippen LogP contribution in [0.1, 0.15) is 113 Å². The van der Waals surface area contributed by atoms with Crippen LogP contribution in [-0.4, -0.2) is 36.7 Å². The van der Waals surface area contributed by atoms with Crippen molar-refractivity contribution in [2.45, 2.75) is 104 Å². The van der Waals surface area contributed by atoms with Crippen LogP contribution in [0.3, 0.4) is 0 Å². The van der Waals surface area contributed by atoms with Gasteiger partial charge in [0.05, 0.1) is 22.8 Å². The molecule has 0 fully saturated rings. The van der Waals surface area contributed by atoms with Gasteiger partial charge in [0.1, 0.15) is 17.6 Å². The normalized spacial score (nSPS) is 11.6. The van der Waals surface area contributed by atoms with Gasteiger partial charge in [0.25, 0.3) is 0 Å². The van der Waals surface area contributed by atoms with Gasteiger partial charge in [-0.3, -0.25) is 0 Å². The molecule has 0 aliphatic heterocycles. The van der Waals surface area contributed by atoms with Gasteiger partial charge in [0, 0.05) is 6.07 Å². The first-order chi connectivity index (χ1) is 22.2. The third kappa shape index (κ3) is 11.8. The van der Waals surface area contributed by atoms with Gasteiger partial charge >= 0.3 is 17.9 Å². The molecule has 0 aliphatic rings. The number of esters is 3. The molecule has 0 N–H and O–H groups in total. The molecule has 1 atom stereocenters. The van der Waals surface area contributed by atoms with Crippen molar-refractivity contribution in [3.8, 4) is 22.6 Å². The maximum atomic E-state index is 12.8. The smallest absolute Gasteiger partial charge is 0.347 e. The molecule has 0 heterocycles. The lowest BCUT2D eigenvalue weighted by molar-refractivity contribution is -0.158. The summed E-state index contributed by atoms with van der Waals surface area (Å²) in [6.45, 7) is 8.23. The van der Waals surface area contributed by atoms with Crippen LogP contribution in [0, 0.1) is 0 Å². The molecule has 46 heavy (non-hydrogen) atoms. The van der Waals surface area contributed by atoms with Gasteiger partial charge in [-0.1, -0.05) is 102 Å². The molecule has 248 valence electrons.